The summed E-state index contributed by atoms with van der Waals surface area (Å²) in [6, 6.07) is 6.31. The van der Waals surface area contributed by atoms with E-state index in [-0.39, 0.29) is 24.6 Å². The number of aliphatic hydroxyl groups is 1. The zero-order valence-corrected chi connectivity index (χ0v) is 10.4. The van der Waals surface area contributed by atoms with Gasteiger partial charge in [0.05, 0.1) is 13.2 Å². The minimum absolute atomic E-state index is 0. The number of hydrogen-bond acceptors (Lipinski definition) is 3. The van der Waals surface area contributed by atoms with Crippen LogP contribution >= 0.6 is 12.4 Å². The monoisotopic (exact) mass is 243 g/mol. The molecular weight excluding hydrogens is 226 g/mol. The predicted molar refractivity (Wildman–Crippen MR) is 66.3 cm³/mol. The smallest absolute Gasteiger partial charge is 0.122 e. The van der Waals surface area contributed by atoms with Crippen molar-refractivity contribution in [1.29, 1.82) is 0 Å². The van der Waals surface area contributed by atoms with Crippen molar-refractivity contribution in [1.82, 2.24) is 5.32 Å². The first-order chi connectivity index (χ1) is 7.22. The molecule has 0 amide bonds. The van der Waals surface area contributed by atoms with Gasteiger partial charge in [0.1, 0.15) is 5.75 Å². The van der Waals surface area contributed by atoms with E-state index < -0.39 is 0 Å². The summed E-state index contributed by atoms with van der Waals surface area (Å²) in [4.78, 5) is 0. The van der Waals surface area contributed by atoms with Crippen molar-refractivity contribution in [3.63, 3.8) is 0 Å². The maximum Gasteiger partial charge on any atom is 0.122 e. The molecule has 1 heterocycles. The Labute approximate surface area is 102 Å². The molecule has 1 aromatic carbocycles. The van der Waals surface area contributed by atoms with E-state index in [4.69, 9.17) is 4.74 Å². The molecule has 0 saturated carbocycles. The summed E-state index contributed by atoms with van der Waals surface area (Å²) in [6.07, 6.45) is 0.564. The van der Waals surface area contributed by atoms with Gasteiger partial charge >= 0.3 is 0 Å². The molecule has 1 aromatic rings. The zero-order valence-electron chi connectivity index (χ0n) is 9.56. The first-order valence-electron chi connectivity index (χ1n) is 5.27. The molecule has 2 N–H and O–H groups in total. The van der Waals surface area contributed by atoms with Gasteiger partial charge in [0.15, 0.2) is 0 Å². The third-order valence-electron chi connectivity index (χ3n) is 3.03. The Bertz CT molecular complexity index is 357. The molecular formula is C12H18ClNO2. The third kappa shape index (κ3) is 2.48. The first-order valence-corrected chi connectivity index (χ1v) is 5.27. The van der Waals surface area contributed by atoms with Gasteiger partial charge < -0.3 is 15.2 Å². The van der Waals surface area contributed by atoms with Crippen LogP contribution in [0.2, 0.25) is 0 Å². The number of halogens is 1. The molecule has 90 valence electrons. The molecule has 0 bridgehead atoms. The summed E-state index contributed by atoms with van der Waals surface area (Å²) in [5.41, 5.74) is 2.39. The van der Waals surface area contributed by atoms with Crippen molar-refractivity contribution >= 4 is 12.4 Å². The molecule has 0 aromatic heterocycles. The second-order valence-corrected chi connectivity index (χ2v) is 4.02. The molecule has 1 fully saturated rings. The number of hydrogen-bond donors (Lipinski definition) is 2. The highest BCUT2D eigenvalue weighted by Crippen LogP contribution is 2.30. The van der Waals surface area contributed by atoms with E-state index in [1.165, 1.54) is 5.56 Å². The highest BCUT2D eigenvalue weighted by molar-refractivity contribution is 5.85. The van der Waals surface area contributed by atoms with Crippen molar-refractivity contribution in [2.45, 2.75) is 25.5 Å². The molecule has 0 radical (unpaired) electrons. The van der Waals surface area contributed by atoms with E-state index in [0.29, 0.717) is 6.54 Å². The SMILES string of the molecule is COc1cccc([C@@H]2C[C@H](O)CN2)c1C.Cl. The number of ether oxygens (including phenoxy) is 1. The standard InChI is InChI=1S/C12H17NO2.ClH/c1-8-10(4-3-5-12(8)15-2)11-6-9(14)7-13-11;/h3-5,9,11,13-14H,6-7H2,1-2H3;1H/t9-,11-;/m0./s1. The van der Waals surface area contributed by atoms with E-state index in [2.05, 4.69) is 18.3 Å². The maximum absolute atomic E-state index is 9.48. The third-order valence-corrected chi connectivity index (χ3v) is 3.03. The fraction of sp³-hybridized carbons (Fsp3) is 0.500. The Hall–Kier alpha value is -0.770. The van der Waals surface area contributed by atoms with Crippen LogP contribution in [0.4, 0.5) is 0 Å². The zero-order chi connectivity index (χ0) is 10.8. The van der Waals surface area contributed by atoms with Crippen LogP contribution in [0.5, 0.6) is 5.75 Å². The maximum atomic E-state index is 9.48. The van der Waals surface area contributed by atoms with Gasteiger partial charge in [0.2, 0.25) is 0 Å². The fourth-order valence-electron chi connectivity index (χ4n) is 2.18. The van der Waals surface area contributed by atoms with Gasteiger partial charge in [0, 0.05) is 12.6 Å². The van der Waals surface area contributed by atoms with Crippen molar-refractivity contribution in [3.8, 4) is 5.75 Å². The topological polar surface area (TPSA) is 41.5 Å². The highest BCUT2D eigenvalue weighted by atomic mass is 35.5. The lowest BCUT2D eigenvalue weighted by atomic mass is 9.99. The number of β-amino-alcohol motifs (C(OH)–C–C–N with tert-alkyl or cyclic N) is 1. The van der Waals surface area contributed by atoms with E-state index >= 15 is 0 Å². The van der Waals surface area contributed by atoms with Crippen molar-refractivity contribution < 1.29 is 9.84 Å². The van der Waals surface area contributed by atoms with Gasteiger partial charge in [-0.3, -0.25) is 0 Å². The van der Waals surface area contributed by atoms with Crippen molar-refractivity contribution in [2.75, 3.05) is 13.7 Å². The normalized spacial score (nSPS) is 23.9. The summed E-state index contributed by atoms with van der Waals surface area (Å²) in [7, 11) is 1.68. The van der Waals surface area contributed by atoms with E-state index in [1.807, 2.05) is 12.1 Å². The second-order valence-electron chi connectivity index (χ2n) is 4.02. The van der Waals surface area contributed by atoms with Gasteiger partial charge in [-0.25, -0.2) is 0 Å². The summed E-state index contributed by atoms with van der Waals surface area (Å²) in [5.74, 6) is 0.913. The molecule has 2 rings (SSSR count). The Morgan fingerprint density at radius 2 is 2.19 bits per heavy atom. The summed E-state index contributed by atoms with van der Waals surface area (Å²) < 4.78 is 5.28. The van der Waals surface area contributed by atoms with Crippen LogP contribution in [0.1, 0.15) is 23.6 Å². The molecule has 0 aliphatic carbocycles. The Kier molecular flexibility index (Phi) is 4.59. The summed E-state index contributed by atoms with van der Waals surface area (Å²) in [6.45, 7) is 2.74. The molecule has 1 saturated heterocycles. The van der Waals surface area contributed by atoms with E-state index in [1.54, 1.807) is 7.11 Å². The van der Waals surface area contributed by atoms with Gasteiger partial charge in [0.25, 0.3) is 0 Å². The lowest BCUT2D eigenvalue weighted by Crippen LogP contribution is -2.15. The van der Waals surface area contributed by atoms with Crippen molar-refractivity contribution in [2.24, 2.45) is 0 Å². The van der Waals surface area contributed by atoms with Crippen LogP contribution in [0, 0.1) is 6.92 Å². The van der Waals surface area contributed by atoms with Crippen LogP contribution in [-0.4, -0.2) is 24.9 Å². The summed E-state index contributed by atoms with van der Waals surface area (Å²) in [5, 5.41) is 12.8. The number of rotatable bonds is 2. The molecule has 0 spiro atoms. The number of benzene rings is 1. The van der Waals surface area contributed by atoms with Crippen LogP contribution in [0.15, 0.2) is 18.2 Å². The lowest BCUT2D eigenvalue weighted by Gasteiger charge is -2.15. The molecule has 1 aliphatic rings. The lowest BCUT2D eigenvalue weighted by molar-refractivity contribution is 0.193. The van der Waals surface area contributed by atoms with Crippen LogP contribution in [0.25, 0.3) is 0 Å². The number of aliphatic hydroxyl groups excluding tert-OH is 1. The second kappa shape index (κ2) is 5.53. The molecule has 2 atom stereocenters. The Balaban J connectivity index is 0.00000128. The fourth-order valence-corrected chi connectivity index (χ4v) is 2.18. The number of methoxy groups -OCH3 is 1. The van der Waals surface area contributed by atoms with E-state index in [9.17, 15) is 5.11 Å². The number of nitrogens with one attached hydrogen (secondary N) is 1. The highest BCUT2D eigenvalue weighted by Gasteiger charge is 2.25. The predicted octanol–water partition coefficient (Wildman–Crippen LogP) is 1.82. The average Bonchev–Trinajstić information content (AvgIpc) is 2.65. The van der Waals surface area contributed by atoms with Crippen LogP contribution in [0.3, 0.4) is 0 Å². The Morgan fingerprint density at radius 1 is 1.44 bits per heavy atom. The molecule has 0 unspecified atom stereocenters. The van der Waals surface area contributed by atoms with Gasteiger partial charge in [-0.1, -0.05) is 12.1 Å². The summed E-state index contributed by atoms with van der Waals surface area (Å²) >= 11 is 0. The largest absolute Gasteiger partial charge is 0.496 e. The first kappa shape index (κ1) is 13.3. The molecule has 1 aliphatic heterocycles. The van der Waals surface area contributed by atoms with Crippen molar-refractivity contribution in [3.05, 3.63) is 29.3 Å². The average molecular weight is 244 g/mol. The molecule has 4 heteroatoms. The van der Waals surface area contributed by atoms with Crippen LogP contribution in [-0.2, 0) is 0 Å². The van der Waals surface area contributed by atoms with Gasteiger partial charge in [-0.15, -0.1) is 12.4 Å². The Morgan fingerprint density at radius 3 is 2.75 bits per heavy atom. The molecule has 3 nitrogen and oxygen atoms in total. The minimum Gasteiger partial charge on any atom is -0.496 e. The molecule has 16 heavy (non-hydrogen) atoms. The van der Waals surface area contributed by atoms with E-state index in [0.717, 1.165) is 17.7 Å². The van der Waals surface area contributed by atoms with Gasteiger partial charge in [-0.05, 0) is 30.5 Å². The minimum atomic E-state index is -0.222. The quantitative estimate of drug-likeness (QED) is 0.833. The van der Waals surface area contributed by atoms with Crippen LogP contribution < -0.4 is 10.1 Å². The van der Waals surface area contributed by atoms with Gasteiger partial charge in [-0.2, -0.15) is 0 Å².